The molecule has 4 heterocycles. The standard InChI is InChI=1S/C41H44N6O7/c1-3-5-20-34(49)53-25-30(27-14-8-6-9-15-27)42-38(50)35-33-21-22-41(54-33)36(35)39(51)47(32(24-48)28-16-10-7-11-17-28)37(41)40(52)45(23-4-2)26-46-31-19-13-12-18-29(31)43-44-46/h3-4,6-19,30,32-33,35-37,48H,1-2,5,20-26H2,(H,42,50)/t30-,32+,33-,35+,36+,37-,41+/m0/s1. The van der Waals surface area contributed by atoms with Gasteiger partial charge in [-0.3, -0.25) is 19.2 Å². The van der Waals surface area contributed by atoms with Crippen molar-refractivity contribution in [1.29, 1.82) is 0 Å². The van der Waals surface area contributed by atoms with Gasteiger partial charge in [-0.05, 0) is 42.5 Å². The maximum Gasteiger partial charge on any atom is 0.306 e. The Hall–Kier alpha value is -5.66. The van der Waals surface area contributed by atoms with E-state index in [1.165, 1.54) is 4.90 Å². The van der Waals surface area contributed by atoms with Gasteiger partial charge in [-0.1, -0.05) is 90.2 Å². The van der Waals surface area contributed by atoms with E-state index in [2.05, 4.69) is 28.8 Å². The zero-order chi connectivity index (χ0) is 37.8. The molecule has 1 spiro atoms. The first-order valence-corrected chi connectivity index (χ1v) is 18.3. The van der Waals surface area contributed by atoms with Gasteiger partial charge in [0.25, 0.3) is 0 Å². The Bertz CT molecular complexity index is 2020. The predicted molar refractivity (Wildman–Crippen MR) is 198 cm³/mol. The number of nitrogens with one attached hydrogen (secondary N) is 1. The lowest BCUT2D eigenvalue weighted by Crippen LogP contribution is -2.57. The maximum atomic E-state index is 15.1. The molecule has 4 aromatic rings. The van der Waals surface area contributed by atoms with Gasteiger partial charge in [-0.2, -0.15) is 0 Å². The van der Waals surface area contributed by atoms with E-state index in [1.807, 2.05) is 60.7 Å². The largest absolute Gasteiger partial charge is 0.463 e. The van der Waals surface area contributed by atoms with Crippen LogP contribution in [0.3, 0.4) is 0 Å². The molecule has 0 unspecified atom stereocenters. The fourth-order valence-corrected chi connectivity index (χ4v) is 8.41. The molecule has 0 aliphatic carbocycles. The van der Waals surface area contributed by atoms with Crippen LogP contribution in [0.15, 0.2) is 110 Å². The lowest BCUT2D eigenvalue weighted by Gasteiger charge is -2.39. The van der Waals surface area contributed by atoms with E-state index < -0.39 is 72.0 Å². The number of para-hydroxylation sites is 1. The van der Waals surface area contributed by atoms with E-state index in [-0.39, 0.29) is 26.2 Å². The number of amides is 3. The molecule has 3 aliphatic heterocycles. The van der Waals surface area contributed by atoms with Crippen molar-refractivity contribution in [3.8, 4) is 0 Å². The maximum absolute atomic E-state index is 15.1. The molecule has 13 nitrogen and oxygen atoms in total. The number of aromatic nitrogens is 3. The van der Waals surface area contributed by atoms with Crippen molar-refractivity contribution in [3.63, 3.8) is 0 Å². The number of hydrogen-bond donors (Lipinski definition) is 2. The number of esters is 1. The smallest absolute Gasteiger partial charge is 0.306 e. The number of nitrogens with zero attached hydrogens (tertiary/aromatic N) is 5. The minimum absolute atomic E-state index is 0.0113. The van der Waals surface area contributed by atoms with Crippen molar-refractivity contribution >= 4 is 34.7 Å². The molecule has 3 saturated heterocycles. The average Bonchev–Trinajstić information content (AvgIpc) is 3.96. The van der Waals surface area contributed by atoms with Gasteiger partial charge in [0, 0.05) is 13.0 Å². The first-order valence-electron chi connectivity index (χ1n) is 18.3. The van der Waals surface area contributed by atoms with Gasteiger partial charge in [0.15, 0.2) is 0 Å². The van der Waals surface area contributed by atoms with Crippen molar-refractivity contribution in [3.05, 3.63) is 121 Å². The highest BCUT2D eigenvalue weighted by molar-refractivity contribution is 5.99. The number of hydrogen-bond acceptors (Lipinski definition) is 9. The molecule has 2 N–H and O–H groups in total. The Kier molecular flexibility index (Phi) is 10.7. The number of aliphatic hydroxyl groups is 1. The van der Waals surface area contributed by atoms with Crippen LogP contribution in [-0.4, -0.2) is 91.1 Å². The van der Waals surface area contributed by atoms with Crippen LogP contribution in [0.2, 0.25) is 0 Å². The number of carbonyl (C=O) groups is 4. The third-order valence-electron chi connectivity index (χ3n) is 10.8. The number of allylic oxidation sites excluding steroid dienone is 1. The summed E-state index contributed by atoms with van der Waals surface area (Å²) >= 11 is 0. The zero-order valence-corrected chi connectivity index (χ0v) is 29.9. The second kappa shape index (κ2) is 15.7. The summed E-state index contributed by atoms with van der Waals surface area (Å²) in [6, 6.07) is 22.8. The SMILES string of the molecule is C=CCCC(=O)OC[C@H](NC(=O)[C@@H]1[C@@H]2CC[C@]3(O2)[C@H](C(=O)N(CC=C)Cn2nnc4ccccc42)N([C@H](CO)c2ccccc2)C(=O)[C@@H]13)c1ccccc1. The minimum atomic E-state index is -1.35. The number of fused-ring (bicyclic) bond motifs is 2. The number of benzene rings is 3. The lowest BCUT2D eigenvalue weighted by atomic mass is 9.70. The molecule has 2 bridgehead atoms. The van der Waals surface area contributed by atoms with Crippen LogP contribution in [0.1, 0.15) is 48.9 Å². The van der Waals surface area contributed by atoms with Crippen LogP contribution in [-0.2, 0) is 35.3 Å². The Labute approximate surface area is 313 Å². The minimum Gasteiger partial charge on any atom is -0.463 e. The number of rotatable bonds is 16. The third kappa shape index (κ3) is 6.69. The first-order chi connectivity index (χ1) is 26.3. The Morgan fingerprint density at radius 3 is 2.43 bits per heavy atom. The van der Waals surface area contributed by atoms with E-state index in [4.69, 9.17) is 9.47 Å². The van der Waals surface area contributed by atoms with Crippen LogP contribution >= 0.6 is 0 Å². The normalized spacial score (nSPS) is 23.8. The third-order valence-corrected chi connectivity index (χ3v) is 10.8. The van der Waals surface area contributed by atoms with Gasteiger partial charge in [0.2, 0.25) is 17.7 Å². The molecule has 1 aromatic heterocycles. The summed E-state index contributed by atoms with van der Waals surface area (Å²) in [6.07, 6.45) is 4.01. The van der Waals surface area contributed by atoms with E-state index in [0.717, 1.165) is 11.1 Å². The molecule has 7 atom stereocenters. The summed E-state index contributed by atoms with van der Waals surface area (Å²) < 4.78 is 13.9. The average molecular weight is 733 g/mol. The molecule has 7 rings (SSSR count). The number of ether oxygens (including phenoxy) is 2. The van der Waals surface area contributed by atoms with Crippen molar-refractivity contribution in [2.24, 2.45) is 11.8 Å². The van der Waals surface area contributed by atoms with Gasteiger partial charge in [-0.25, -0.2) is 4.68 Å². The fourth-order valence-electron chi connectivity index (χ4n) is 8.41. The summed E-state index contributed by atoms with van der Waals surface area (Å²) in [5.74, 6) is -3.70. The fraction of sp³-hybridized carbons (Fsp3) is 0.366. The van der Waals surface area contributed by atoms with E-state index in [1.54, 1.807) is 46.0 Å². The van der Waals surface area contributed by atoms with Crippen molar-refractivity contribution < 1.29 is 33.8 Å². The van der Waals surface area contributed by atoms with Gasteiger partial charge < -0.3 is 29.7 Å². The monoisotopic (exact) mass is 732 g/mol. The van der Waals surface area contributed by atoms with Crippen LogP contribution < -0.4 is 5.32 Å². The molecule has 54 heavy (non-hydrogen) atoms. The summed E-state index contributed by atoms with van der Waals surface area (Å²) in [7, 11) is 0. The highest BCUT2D eigenvalue weighted by atomic mass is 16.5. The van der Waals surface area contributed by atoms with Crippen LogP contribution in [0.4, 0.5) is 0 Å². The summed E-state index contributed by atoms with van der Waals surface area (Å²) in [5.41, 5.74) is 1.39. The summed E-state index contributed by atoms with van der Waals surface area (Å²) in [4.78, 5) is 60.0. The van der Waals surface area contributed by atoms with E-state index >= 15 is 4.79 Å². The molecule has 0 radical (unpaired) electrons. The Balaban J connectivity index is 1.24. The molecular formula is C41H44N6O7. The van der Waals surface area contributed by atoms with Gasteiger partial charge in [0.1, 0.15) is 30.4 Å². The van der Waals surface area contributed by atoms with Gasteiger partial charge in [-0.15, -0.1) is 18.3 Å². The second-order valence-corrected chi connectivity index (χ2v) is 14.0. The van der Waals surface area contributed by atoms with Crippen molar-refractivity contribution in [2.75, 3.05) is 19.8 Å². The molecule has 0 saturated carbocycles. The quantitative estimate of drug-likeness (QED) is 0.129. The Morgan fingerprint density at radius 2 is 1.72 bits per heavy atom. The lowest BCUT2D eigenvalue weighted by molar-refractivity contribution is -0.152. The summed E-state index contributed by atoms with van der Waals surface area (Å²) in [6.45, 7) is 7.10. The van der Waals surface area contributed by atoms with E-state index in [9.17, 15) is 19.5 Å². The van der Waals surface area contributed by atoms with Crippen molar-refractivity contribution in [1.82, 2.24) is 30.1 Å². The van der Waals surface area contributed by atoms with Crippen molar-refractivity contribution in [2.45, 2.75) is 62.2 Å². The first kappa shape index (κ1) is 36.7. The number of likely N-dealkylation sites (tertiary alicyclic amines) is 1. The molecule has 3 aliphatic rings. The molecule has 280 valence electrons. The number of carbonyl (C=O) groups excluding carboxylic acids is 4. The molecule has 3 aromatic carbocycles. The van der Waals surface area contributed by atoms with Crippen LogP contribution in [0.5, 0.6) is 0 Å². The van der Waals surface area contributed by atoms with Crippen LogP contribution in [0, 0.1) is 11.8 Å². The van der Waals surface area contributed by atoms with E-state index in [0.29, 0.717) is 30.3 Å². The number of aliphatic hydroxyl groups excluding tert-OH is 1. The summed E-state index contributed by atoms with van der Waals surface area (Å²) in [5, 5.41) is 22.5. The molecule has 13 heteroatoms. The highest BCUT2D eigenvalue weighted by Gasteiger charge is 2.75. The molecule has 3 fully saturated rings. The van der Waals surface area contributed by atoms with Crippen LogP contribution in [0.25, 0.3) is 11.0 Å². The molecular weight excluding hydrogens is 688 g/mol. The van der Waals surface area contributed by atoms with Gasteiger partial charge >= 0.3 is 5.97 Å². The van der Waals surface area contributed by atoms with Gasteiger partial charge in [0.05, 0.1) is 42.1 Å². The highest BCUT2D eigenvalue weighted by Crippen LogP contribution is 2.60. The molecule has 3 amide bonds. The second-order valence-electron chi connectivity index (χ2n) is 14.0. The topological polar surface area (TPSA) is 156 Å². The zero-order valence-electron chi connectivity index (χ0n) is 29.9. The Morgan fingerprint density at radius 1 is 1.02 bits per heavy atom. The predicted octanol–water partition coefficient (Wildman–Crippen LogP) is 3.88.